The Labute approximate surface area is 147 Å². The third-order valence-electron chi connectivity index (χ3n) is 2.94. The summed E-state index contributed by atoms with van der Waals surface area (Å²) in [4.78, 5) is 15.6. The van der Waals surface area contributed by atoms with Crippen molar-refractivity contribution in [1.29, 1.82) is 5.41 Å². The molecule has 2 heterocycles. The fourth-order valence-electron chi connectivity index (χ4n) is 1.86. The minimum absolute atomic E-state index is 0.0496. The summed E-state index contributed by atoms with van der Waals surface area (Å²) in [6, 6.07) is 2.41. The second-order valence-electron chi connectivity index (χ2n) is 4.81. The Morgan fingerprint density at radius 3 is 2.88 bits per heavy atom. The van der Waals surface area contributed by atoms with Crippen molar-refractivity contribution in [1.82, 2.24) is 15.0 Å². The fraction of sp³-hybridized carbons (Fsp3) is 0.308. The van der Waals surface area contributed by atoms with Gasteiger partial charge in [-0.25, -0.2) is 22.9 Å². The van der Waals surface area contributed by atoms with Crippen LogP contribution in [-0.4, -0.2) is 38.8 Å². The minimum Gasteiger partial charge on any atom is -0.478 e. The van der Waals surface area contributed by atoms with Gasteiger partial charge in [-0.2, -0.15) is 0 Å². The van der Waals surface area contributed by atoms with Crippen molar-refractivity contribution in [3.05, 3.63) is 33.1 Å². The van der Waals surface area contributed by atoms with Gasteiger partial charge >= 0.3 is 6.03 Å². The minimum atomic E-state index is -4.27. The summed E-state index contributed by atoms with van der Waals surface area (Å²) in [7, 11) is -4.27. The summed E-state index contributed by atoms with van der Waals surface area (Å²) >= 11 is 3.21. The molecule has 1 aliphatic heterocycles. The van der Waals surface area contributed by atoms with Crippen molar-refractivity contribution >= 4 is 44.0 Å². The Hall–Kier alpha value is -2.14. The van der Waals surface area contributed by atoms with Gasteiger partial charge in [-0.1, -0.05) is 0 Å². The zero-order valence-corrected chi connectivity index (χ0v) is 15.1. The van der Waals surface area contributed by atoms with Crippen molar-refractivity contribution in [2.75, 3.05) is 18.5 Å². The van der Waals surface area contributed by atoms with Gasteiger partial charge in [0.1, 0.15) is 5.82 Å². The van der Waals surface area contributed by atoms with Crippen LogP contribution >= 0.6 is 15.9 Å². The van der Waals surface area contributed by atoms with Gasteiger partial charge in [-0.3, -0.25) is 5.32 Å². The monoisotopic (exact) mass is 417 g/mol. The first kappa shape index (κ1) is 18.2. The molecule has 0 bridgehead atoms. The first-order chi connectivity index (χ1) is 11.3. The highest BCUT2D eigenvalue weighted by Gasteiger charge is 2.26. The average Bonchev–Trinajstić information content (AvgIpc) is 2.51. The fourth-order valence-corrected chi connectivity index (χ4v) is 3.12. The lowest BCUT2D eigenvalue weighted by Crippen LogP contribution is -2.38. The Morgan fingerprint density at radius 2 is 2.25 bits per heavy atom. The number of carbonyl (C=O) groups is 1. The van der Waals surface area contributed by atoms with Crippen molar-refractivity contribution < 1.29 is 17.9 Å². The lowest BCUT2D eigenvalue weighted by molar-refractivity contribution is 0.157. The number of ether oxygens (including phenoxy) is 1. The predicted molar refractivity (Wildman–Crippen MR) is 92.1 cm³/mol. The number of rotatable bonds is 4. The van der Waals surface area contributed by atoms with Gasteiger partial charge in [-0.05, 0) is 41.4 Å². The summed E-state index contributed by atoms with van der Waals surface area (Å²) < 4.78 is 32.1. The molecule has 24 heavy (non-hydrogen) atoms. The largest absolute Gasteiger partial charge is 0.478 e. The van der Waals surface area contributed by atoms with E-state index in [0.29, 0.717) is 29.5 Å². The van der Waals surface area contributed by atoms with Crippen LogP contribution in [0.5, 0.6) is 0 Å². The molecule has 0 saturated carbocycles. The molecule has 130 valence electrons. The summed E-state index contributed by atoms with van der Waals surface area (Å²) in [6.45, 7) is 2.59. The summed E-state index contributed by atoms with van der Waals surface area (Å²) in [5.41, 5.74) is 0.651. The molecule has 9 nitrogen and oxygen atoms in total. The van der Waals surface area contributed by atoms with E-state index in [1.807, 2.05) is 4.72 Å². The molecule has 0 unspecified atom stereocenters. The van der Waals surface area contributed by atoms with Gasteiger partial charge in [0.2, 0.25) is 5.88 Å². The van der Waals surface area contributed by atoms with Gasteiger partial charge in [0, 0.05) is 18.5 Å². The van der Waals surface area contributed by atoms with E-state index in [1.165, 1.54) is 0 Å². The number of carbonyl (C=O) groups excluding carboxylic acids is 1. The number of urea groups is 1. The normalized spacial score (nSPS) is 16.4. The molecule has 0 aliphatic carbocycles. The number of nitrogens with one attached hydrogen (secondary N) is 4. The van der Waals surface area contributed by atoms with E-state index in [1.54, 1.807) is 19.1 Å². The number of amides is 2. The number of hydrogen-bond acceptors (Lipinski definition) is 7. The molecule has 1 aliphatic rings. The zero-order chi connectivity index (χ0) is 17.7. The van der Waals surface area contributed by atoms with Crippen LogP contribution in [-0.2, 0) is 14.8 Å². The second-order valence-corrected chi connectivity index (χ2v) is 7.31. The van der Waals surface area contributed by atoms with Gasteiger partial charge < -0.3 is 15.5 Å². The molecule has 2 rings (SSSR count). The second kappa shape index (κ2) is 7.62. The Morgan fingerprint density at radius 1 is 1.50 bits per heavy atom. The van der Waals surface area contributed by atoms with E-state index >= 15 is 0 Å². The van der Waals surface area contributed by atoms with Gasteiger partial charge in [0.15, 0.2) is 4.91 Å². The number of hydrogen-bond donors (Lipinski definition) is 4. The summed E-state index contributed by atoms with van der Waals surface area (Å²) in [5, 5.41) is 12.4. The van der Waals surface area contributed by atoms with Crippen molar-refractivity contribution in [3.8, 4) is 0 Å². The van der Waals surface area contributed by atoms with E-state index in [4.69, 9.17) is 10.1 Å². The third kappa shape index (κ3) is 4.45. The van der Waals surface area contributed by atoms with Crippen molar-refractivity contribution in [3.63, 3.8) is 0 Å². The molecule has 0 atom stereocenters. The number of anilines is 1. The van der Waals surface area contributed by atoms with Crippen LogP contribution in [0.4, 0.5) is 10.6 Å². The quantitative estimate of drug-likeness (QED) is 0.547. The van der Waals surface area contributed by atoms with Crippen LogP contribution in [0.3, 0.4) is 0 Å². The first-order valence-corrected chi connectivity index (χ1v) is 9.19. The molecular weight excluding hydrogens is 402 g/mol. The van der Waals surface area contributed by atoms with Crippen LogP contribution in [0.2, 0.25) is 0 Å². The SMILES string of the molecule is Cc1ccc(Br)c(NC(=O)NS(=O)(=O)/C(C=N)=C2/NCCCO2)n1. The van der Waals surface area contributed by atoms with E-state index in [-0.39, 0.29) is 11.7 Å². The molecule has 4 N–H and O–H groups in total. The van der Waals surface area contributed by atoms with Crippen LogP contribution < -0.4 is 15.4 Å². The molecule has 0 spiro atoms. The zero-order valence-electron chi connectivity index (χ0n) is 12.7. The van der Waals surface area contributed by atoms with Gasteiger partial charge in [0.05, 0.1) is 11.1 Å². The third-order valence-corrected chi connectivity index (χ3v) is 4.92. The number of allylic oxidation sites excluding steroid dienone is 1. The Kier molecular flexibility index (Phi) is 5.78. The number of sulfonamides is 1. The van der Waals surface area contributed by atoms with Crippen LogP contribution in [0.15, 0.2) is 27.4 Å². The highest BCUT2D eigenvalue weighted by atomic mass is 79.9. The van der Waals surface area contributed by atoms with E-state index in [0.717, 1.165) is 6.42 Å². The van der Waals surface area contributed by atoms with Gasteiger partial charge in [0.25, 0.3) is 10.0 Å². The molecule has 11 heteroatoms. The molecule has 2 amide bonds. The standard InChI is InChI=1S/C13H16BrN5O4S/c1-8-3-4-9(14)11(17-8)18-13(20)19-24(21,22)10(7-15)12-16-5-2-6-23-12/h3-4,7,15-16H,2,5-6H2,1H3,(H2,17,18,19,20)/b12-10-,15-7?. The lowest BCUT2D eigenvalue weighted by Gasteiger charge is -2.20. The van der Waals surface area contributed by atoms with Crippen molar-refractivity contribution in [2.45, 2.75) is 13.3 Å². The molecular formula is C13H16BrN5O4S. The Bertz CT molecular complexity index is 786. The Balaban J connectivity index is 2.17. The summed E-state index contributed by atoms with van der Waals surface area (Å²) in [5.74, 6) is 0.130. The van der Waals surface area contributed by atoms with Crippen LogP contribution in [0.1, 0.15) is 12.1 Å². The predicted octanol–water partition coefficient (Wildman–Crippen LogP) is 1.43. The van der Waals surface area contributed by atoms with Crippen molar-refractivity contribution in [2.24, 2.45) is 0 Å². The maximum absolute atomic E-state index is 12.3. The topological polar surface area (TPSA) is 133 Å². The highest BCUT2D eigenvalue weighted by Crippen LogP contribution is 2.20. The lowest BCUT2D eigenvalue weighted by atomic mass is 10.4. The maximum Gasteiger partial charge on any atom is 0.334 e. The van der Waals surface area contributed by atoms with Gasteiger partial charge in [-0.15, -0.1) is 0 Å². The molecule has 1 saturated heterocycles. The average molecular weight is 418 g/mol. The van der Waals surface area contributed by atoms with Crippen LogP contribution in [0, 0.1) is 12.3 Å². The first-order valence-electron chi connectivity index (χ1n) is 6.92. The number of halogens is 1. The number of aromatic nitrogens is 1. The molecule has 1 fully saturated rings. The maximum atomic E-state index is 12.3. The molecule has 1 aromatic rings. The number of nitrogens with zero attached hydrogens (tertiary/aromatic N) is 1. The smallest absolute Gasteiger partial charge is 0.334 e. The molecule has 1 aromatic heterocycles. The van der Waals surface area contributed by atoms with E-state index in [2.05, 4.69) is 31.5 Å². The summed E-state index contributed by atoms with van der Waals surface area (Å²) in [6.07, 6.45) is 1.33. The van der Waals surface area contributed by atoms with Crippen LogP contribution in [0.25, 0.3) is 0 Å². The van der Waals surface area contributed by atoms with E-state index in [9.17, 15) is 13.2 Å². The number of pyridine rings is 1. The molecule has 0 aromatic carbocycles. The van der Waals surface area contributed by atoms with E-state index < -0.39 is 21.0 Å². The highest BCUT2D eigenvalue weighted by molar-refractivity contribution is 9.10. The molecule has 0 radical (unpaired) electrons. The number of aryl methyl sites for hydroxylation is 1.